The van der Waals surface area contributed by atoms with Crippen LogP contribution in [0, 0.1) is 0 Å². The molecule has 3 rings (SSSR count). The summed E-state index contributed by atoms with van der Waals surface area (Å²) < 4.78 is 27.8. The van der Waals surface area contributed by atoms with Crippen molar-refractivity contribution in [3.05, 3.63) is 32.9 Å². The minimum absolute atomic E-state index is 0.146. The lowest BCUT2D eigenvalue weighted by atomic mass is 10.4. The maximum Gasteiger partial charge on any atom is 0.242 e. The van der Waals surface area contributed by atoms with Crippen LogP contribution in [0.3, 0.4) is 0 Å². The van der Waals surface area contributed by atoms with E-state index in [0.717, 1.165) is 4.88 Å². The molecule has 0 atom stereocenters. The first-order valence-corrected chi connectivity index (χ1v) is 9.63. The molecule has 21 heavy (non-hydrogen) atoms. The van der Waals surface area contributed by atoms with Crippen LogP contribution in [0.1, 0.15) is 23.5 Å². The van der Waals surface area contributed by atoms with Crippen molar-refractivity contribution >= 4 is 37.3 Å². The first-order valence-electron chi connectivity index (χ1n) is 6.54. The second-order valence-electron chi connectivity index (χ2n) is 4.87. The molecule has 114 valence electrons. The number of hydrogen-bond donors (Lipinski definition) is 3. The van der Waals surface area contributed by atoms with Gasteiger partial charge in [0.1, 0.15) is 10.7 Å². The molecule has 0 bridgehead atoms. The highest BCUT2D eigenvalue weighted by molar-refractivity contribution is 9.11. The Hall–Kier alpha value is -0.740. The Kier molecular flexibility index (Phi) is 4.46. The number of halogens is 1. The summed E-state index contributed by atoms with van der Waals surface area (Å²) in [5, 5.41) is 3.38. The molecule has 0 aromatic carbocycles. The molecule has 1 aliphatic rings. The average molecular weight is 391 g/mol. The molecule has 0 unspecified atom stereocenters. The molecule has 1 aliphatic carbocycles. The largest absolute Gasteiger partial charge is 0.347 e. The highest BCUT2D eigenvalue weighted by Gasteiger charge is 2.23. The van der Waals surface area contributed by atoms with Crippen molar-refractivity contribution in [3.8, 4) is 0 Å². The van der Waals surface area contributed by atoms with E-state index in [1.807, 2.05) is 0 Å². The zero-order valence-electron chi connectivity index (χ0n) is 11.1. The van der Waals surface area contributed by atoms with Crippen LogP contribution in [-0.4, -0.2) is 24.4 Å². The Morgan fingerprint density at radius 1 is 1.43 bits per heavy atom. The Labute approximate surface area is 135 Å². The summed E-state index contributed by atoms with van der Waals surface area (Å²) in [7, 11) is -3.54. The molecule has 3 N–H and O–H groups in total. The maximum atomic E-state index is 12.3. The van der Waals surface area contributed by atoms with Gasteiger partial charge in [0.25, 0.3) is 0 Å². The summed E-state index contributed by atoms with van der Waals surface area (Å²) in [6, 6.07) is 2.32. The summed E-state index contributed by atoms with van der Waals surface area (Å²) in [6.45, 7) is 0.856. The number of sulfonamides is 1. The number of nitrogens with zero attached hydrogens (tertiary/aromatic N) is 1. The molecule has 0 radical (unpaired) electrons. The van der Waals surface area contributed by atoms with Gasteiger partial charge in [-0.3, -0.25) is 0 Å². The molecule has 2 aromatic heterocycles. The number of rotatable bonds is 7. The van der Waals surface area contributed by atoms with Crippen LogP contribution < -0.4 is 10.0 Å². The van der Waals surface area contributed by atoms with Gasteiger partial charge in [-0.1, -0.05) is 0 Å². The summed E-state index contributed by atoms with van der Waals surface area (Å²) in [5.74, 6) is 0.584. The van der Waals surface area contributed by atoms with Gasteiger partial charge in [-0.05, 0) is 34.8 Å². The lowest BCUT2D eigenvalue weighted by molar-refractivity contribution is 0.579. The van der Waals surface area contributed by atoms with Crippen molar-refractivity contribution in [2.24, 2.45) is 0 Å². The second-order valence-corrected chi connectivity index (χ2v) is 9.06. The van der Waals surface area contributed by atoms with Crippen LogP contribution in [0.25, 0.3) is 0 Å². The average Bonchev–Trinajstić information content (AvgIpc) is 2.97. The van der Waals surface area contributed by atoms with E-state index >= 15 is 0 Å². The molecular formula is C12H15BrN4O2S2. The molecular weight excluding hydrogens is 376 g/mol. The van der Waals surface area contributed by atoms with Gasteiger partial charge in [0.2, 0.25) is 10.0 Å². The van der Waals surface area contributed by atoms with Crippen molar-refractivity contribution < 1.29 is 8.42 Å². The zero-order valence-corrected chi connectivity index (χ0v) is 14.3. The topological polar surface area (TPSA) is 86.9 Å². The number of aromatic nitrogens is 2. The Morgan fingerprint density at radius 2 is 2.24 bits per heavy atom. The van der Waals surface area contributed by atoms with Gasteiger partial charge in [-0.15, -0.1) is 11.3 Å². The lowest BCUT2D eigenvalue weighted by Crippen LogP contribution is -2.23. The molecule has 1 saturated carbocycles. The quantitative estimate of drug-likeness (QED) is 0.674. The highest BCUT2D eigenvalue weighted by atomic mass is 79.9. The van der Waals surface area contributed by atoms with Gasteiger partial charge in [-0.2, -0.15) is 0 Å². The van der Waals surface area contributed by atoms with Gasteiger partial charge in [0, 0.05) is 29.9 Å². The summed E-state index contributed by atoms with van der Waals surface area (Å²) in [4.78, 5) is 8.15. The molecule has 0 spiro atoms. The van der Waals surface area contributed by atoms with Gasteiger partial charge < -0.3 is 10.3 Å². The van der Waals surface area contributed by atoms with Crippen molar-refractivity contribution in [3.63, 3.8) is 0 Å². The van der Waals surface area contributed by atoms with E-state index in [-0.39, 0.29) is 11.4 Å². The van der Waals surface area contributed by atoms with Crippen LogP contribution in [0.15, 0.2) is 27.1 Å². The number of hydrogen-bond acceptors (Lipinski definition) is 5. The van der Waals surface area contributed by atoms with Crippen molar-refractivity contribution in [1.82, 2.24) is 20.0 Å². The third-order valence-corrected chi connectivity index (χ3v) is 6.78. The first kappa shape index (κ1) is 15.2. The second kappa shape index (κ2) is 6.17. The van der Waals surface area contributed by atoms with Crippen LogP contribution in [0.5, 0.6) is 0 Å². The van der Waals surface area contributed by atoms with Crippen molar-refractivity contribution in [2.75, 3.05) is 0 Å². The predicted molar refractivity (Wildman–Crippen MR) is 84.5 cm³/mol. The number of nitrogens with one attached hydrogen (secondary N) is 3. The van der Waals surface area contributed by atoms with Gasteiger partial charge in [-0.25, -0.2) is 18.1 Å². The van der Waals surface area contributed by atoms with Gasteiger partial charge >= 0.3 is 0 Å². The van der Waals surface area contributed by atoms with Crippen molar-refractivity contribution in [1.29, 1.82) is 0 Å². The van der Waals surface area contributed by atoms with Crippen LogP contribution in [0.4, 0.5) is 0 Å². The van der Waals surface area contributed by atoms with Gasteiger partial charge in [0.05, 0.1) is 10.3 Å². The monoisotopic (exact) mass is 390 g/mol. The maximum absolute atomic E-state index is 12.3. The molecule has 2 aromatic rings. The summed E-state index contributed by atoms with van der Waals surface area (Å²) >= 11 is 4.79. The van der Waals surface area contributed by atoms with E-state index in [1.54, 1.807) is 18.5 Å². The number of H-pyrrole nitrogens is 1. The fourth-order valence-electron chi connectivity index (χ4n) is 1.84. The molecule has 9 heteroatoms. The Morgan fingerprint density at radius 3 is 2.90 bits per heavy atom. The Bertz CT molecular complexity index is 708. The molecule has 0 saturated heterocycles. The summed E-state index contributed by atoms with van der Waals surface area (Å²) in [5.41, 5.74) is 0. The van der Waals surface area contributed by atoms with Crippen LogP contribution in [0.2, 0.25) is 0 Å². The highest BCUT2D eigenvalue weighted by Crippen LogP contribution is 2.32. The van der Waals surface area contributed by atoms with Crippen LogP contribution >= 0.6 is 27.3 Å². The van der Waals surface area contributed by atoms with Gasteiger partial charge in [0.15, 0.2) is 0 Å². The third kappa shape index (κ3) is 3.92. The third-order valence-electron chi connectivity index (χ3n) is 3.12. The van der Waals surface area contributed by atoms with E-state index in [9.17, 15) is 8.42 Å². The molecule has 0 aliphatic heterocycles. The van der Waals surface area contributed by atoms with E-state index in [4.69, 9.17) is 0 Å². The molecule has 2 heterocycles. The number of imidazole rings is 1. The lowest BCUT2D eigenvalue weighted by Gasteiger charge is -2.03. The molecule has 1 fully saturated rings. The number of aromatic amines is 1. The summed E-state index contributed by atoms with van der Waals surface area (Å²) in [6.07, 6.45) is 5.67. The minimum atomic E-state index is -3.54. The predicted octanol–water partition coefficient (Wildman–Crippen LogP) is 1.96. The Balaban J connectivity index is 1.68. The fourth-order valence-corrected chi connectivity index (χ4v) is 5.46. The van der Waals surface area contributed by atoms with E-state index in [2.05, 4.69) is 35.9 Å². The van der Waals surface area contributed by atoms with E-state index < -0.39 is 10.0 Å². The van der Waals surface area contributed by atoms with E-state index in [1.165, 1.54) is 24.2 Å². The van der Waals surface area contributed by atoms with E-state index in [0.29, 0.717) is 22.2 Å². The fraction of sp³-hybridized carbons (Fsp3) is 0.417. The zero-order chi connectivity index (χ0) is 14.9. The van der Waals surface area contributed by atoms with Crippen molar-refractivity contribution in [2.45, 2.75) is 36.9 Å². The SMILES string of the molecule is O=S(=O)(NCc1ncc[nH]1)c1cc(CNC2CC2)sc1Br. The normalized spacial score (nSPS) is 15.5. The number of thiophene rings is 1. The minimum Gasteiger partial charge on any atom is -0.347 e. The first-order chi connectivity index (χ1) is 10.0. The smallest absolute Gasteiger partial charge is 0.242 e. The molecule has 6 nitrogen and oxygen atoms in total. The standard InChI is InChI=1S/C12H15BrN4O2S2/c13-12-10(5-9(20-12)6-16-8-1-2-8)21(18,19)17-7-11-14-3-4-15-11/h3-5,8,16-17H,1-2,6-7H2,(H,14,15). The van der Waals surface area contributed by atoms with Crippen LogP contribution in [-0.2, 0) is 23.1 Å². The molecule has 0 amide bonds.